The Morgan fingerprint density at radius 3 is 3.12 bits per heavy atom. The Kier molecular flexibility index (Phi) is 3.90. The van der Waals surface area contributed by atoms with Crippen LogP contribution in [0.2, 0.25) is 0 Å². The second-order valence-electron chi connectivity index (χ2n) is 5.99. The van der Waals surface area contributed by atoms with Crippen molar-refractivity contribution >= 4 is 5.97 Å². The molecule has 2 heteroatoms. The third kappa shape index (κ3) is 2.91. The topological polar surface area (TPSA) is 26.3 Å². The number of hydrogen-bond donors (Lipinski definition) is 0. The van der Waals surface area contributed by atoms with Crippen LogP contribution in [0.5, 0.6) is 0 Å². The fourth-order valence-electron chi connectivity index (χ4n) is 3.45. The lowest BCUT2D eigenvalue weighted by molar-refractivity contribution is -0.158. The van der Waals surface area contributed by atoms with Gasteiger partial charge in [-0.05, 0) is 51.9 Å². The molecule has 2 nitrogen and oxygen atoms in total. The van der Waals surface area contributed by atoms with Crippen LogP contribution < -0.4 is 0 Å². The SMILES string of the molecule is CC(C)=CCCC[C@]12CCC[C@H]1CC(=O)OC2. The number of fused-ring (bicyclic) bond motifs is 1. The number of carbonyl (C=O) groups excluding carboxylic acids is 1. The monoisotopic (exact) mass is 236 g/mol. The third-order valence-electron chi connectivity index (χ3n) is 4.46. The first-order valence-corrected chi connectivity index (χ1v) is 6.91. The molecule has 2 rings (SSSR count). The smallest absolute Gasteiger partial charge is 0.306 e. The van der Waals surface area contributed by atoms with Gasteiger partial charge < -0.3 is 4.74 Å². The molecule has 1 saturated heterocycles. The first-order valence-electron chi connectivity index (χ1n) is 6.91. The molecule has 2 atom stereocenters. The van der Waals surface area contributed by atoms with Gasteiger partial charge >= 0.3 is 5.97 Å². The number of carbonyl (C=O) groups is 1. The van der Waals surface area contributed by atoms with Gasteiger partial charge in [0.15, 0.2) is 0 Å². The van der Waals surface area contributed by atoms with Crippen molar-refractivity contribution in [2.75, 3.05) is 6.61 Å². The summed E-state index contributed by atoms with van der Waals surface area (Å²) in [5, 5.41) is 0. The summed E-state index contributed by atoms with van der Waals surface area (Å²) in [5.41, 5.74) is 1.74. The Morgan fingerprint density at radius 1 is 1.53 bits per heavy atom. The molecule has 96 valence electrons. The van der Waals surface area contributed by atoms with E-state index in [4.69, 9.17) is 4.74 Å². The molecule has 0 radical (unpaired) electrons. The summed E-state index contributed by atoms with van der Waals surface area (Å²) in [6.45, 7) is 4.99. The zero-order valence-corrected chi connectivity index (χ0v) is 11.1. The quantitative estimate of drug-likeness (QED) is 0.421. The third-order valence-corrected chi connectivity index (χ3v) is 4.46. The molecule has 0 aromatic rings. The summed E-state index contributed by atoms with van der Waals surface area (Å²) in [6, 6.07) is 0. The predicted molar refractivity (Wildman–Crippen MR) is 68.6 cm³/mol. The summed E-state index contributed by atoms with van der Waals surface area (Å²) in [7, 11) is 0. The van der Waals surface area contributed by atoms with Gasteiger partial charge in [0.1, 0.15) is 0 Å². The predicted octanol–water partition coefficient (Wildman–Crippen LogP) is 3.86. The molecule has 17 heavy (non-hydrogen) atoms. The molecular formula is C15H24O2. The fraction of sp³-hybridized carbons (Fsp3) is 0.800. The molecule has 1 aliphatic heterocycles. The lowest BCUT2D eigenvalue weighted by atomic mass is 9.72. The lowest BCUT2D eigenvalue weighted by Gasteiger charge is -2.38. The van der Waals surface area contributed by atoms with Crippen molar-refractivity contribution in [1.82, 2.24) is 0 Å². The zero-order chi connectivity index (χ0) is 12.3. The largest absolute Gasteiger partial charge is 0.465 e. The molecule has 0 bridgehead atoms. The molecule has 2 aliphatic rings. The van der Waals surface area contributed by atoms with Gasteiger partial charge in [0.05, 0.1) is 6.61 Å². The van der Waals surface area contributed by atoms with Crippen LogP contribution in [0.25, 0.3) is 0 Å². The maximum absolute atomic E-state index is 11.3. The van der Waals surface area contributed by atoms with Gasteiger partial charge in [-0.2, -0.15) is 0 Å². The van der Waals surface area contributed by atoms with Crippen molar-refractivity contribution in [1.29, 1.82) is 0 Å². The number of rotatable bonds is 4. The molecule has 0 amide bonds. The molecule has 0 unspecified atom stereocenters. The highest BCUT2D eigenvalue weighted by atomic mass is 16.5. The van der Waals surface area contributed by atoms with E-state index in [0.29, 0.717) is 24.4 Å². The van der Waals surface area contributed by atoms with Crippen molar-refractivity contribution in [2.45, 2.75) is 58.8 Å². The van der Waals surface area contributed by atoms with E-state index in [0.717, 1.165) is 0 Å². The first kappa shape index (κ1) is 12.7. The standard InChI is InChI=1S/C15H24O2/c1-12(2)6-3-4-8-15-9-5-7-13(15)10-14(16)17-11-15/h6,13H,3-5,7-11H2,1-2H3/t13-,15+/m0/s1. The Balaban J connectivity index is 1.88. The Bertz CT molecular complexity index is 315. The van der Waals surface area contributed by atoms with Gasteiger partial charge in [0, 0.05) is 11.8 Å². The van der Waals surface area contributed by atoms with E-state index < -0.39 is 0 Å². The Morgan fingerprint density at radius 2 is 2.35 bits per heavy atom. The number of hydrogen-bond acceptors (Lipinski definition) is 2. The van der Waals surface area contributed by atoms with Crippen LogP contribution in [0.15, 0.2) is 11.6 Å². The first-order chi connectivity index (χ1) is 8.12. The molecule has 0 N–H and O–H groups in total. The van der Waals surface area contributed by atoms with Crippen molar-refractivity contribution in [3.63, 3.8) is 0 Å². The van der Waals surface area contributed by atoms with Crippen molar-refractivity contribution in [2.24, 2.45) is 11.3 Å². The van der Waals surface area contributed by atoms with E-state index in [1.54, 1.807) is 0 Å². The van der Waals surface area contributed by atoms with Crippen LogP contribution in [0, 0.1) is 11.3 Å². The highest BCUT2D eigenvalue weighted by molar-refractivity contribution is 5.70. The van der Waals surface area contributed by atoms with Crippen LogP contribution in [0.1, 0.15) is 58.8 Å². The van der Waals surface area contributed by atoms with Crippen molar-refractivity contribution in [3.05, 3.63) is 11.6 Å². The molecule has 0 aromatic carbocycles. The Hall–Kier alpha value is -0.790. The molecule has 2 fully saturated rings. The van der Waals surface area contributed by atoms with Gasteiger partial charge in [0.25, 0.3) is 0 Å². The maximum atomic E-state index is 11.3. The minimum absolute atomic E-state index is 0.0248. The summed E-state index contributed by atoms with van der Waals surface area (Å²) in [6.07, 6.45) is 10.4. The number of ether oxygens (including phenoxy) is 1. The molecule has 0 aromatic heterocycles. The van der Waals surface area contributed by atoms with Gasteiger partial charge in [-0.15, -0.1) is 0 Å². The van der Waals surface area contributed by atoms with Gasteiger partial charge in [-0.1, -0.05) is 18.1 Å². The van der Waals surface area contributed by atoms with Crippen molar-refractivity contribution < 1.29 is 9.53 Å². The minimum Gasteiger partial charge on any atom is -0.465 e. The van der Waals surface area contributed by atoms with Crippen LogP contribution >= 0.6 is 0 Å². The second kappa shape index (κ2) is 5.24. The second-order valence-corrected chi connectivity index (χ2v) is 5.99. The van der Waals surface area contributed by atoms with Crippen LogP contribution in [0.4, 0.5) is 0 Å². The van der Waals surface area contributed by atoms with Gasteiger partial charge in [-0.25, -0.2) is 0 Å². The molecule has 1 heterocycles. The highest BCUT2D eigenvalue weighted by Crippen LogP contribution is 2.51. The lowest BCUT2D eigenvalue weighted by Crippen LogP contribution is -2.38. The van der Waals surface area contributed by atoms with Crippen LogP contribution in [-0.2, 0) is 9.53 Å². The molecule has 1 aliphatic carbocycles. The zero-order valence-electron chi connectivity index (χ0n) is 11.1. The number of allylic oxidation sites excluding steroid dienone is 2. The van der Waals surface area contributed by atoms with E-state index in [-0.39, 0.29) is 5.97 Å². The van der Waals surface area contributed by atoms with E-state index >= 15 is 0 Å². The Labute approximate surface area is 104 Å². The van der Waals surface area contributed by atoms with Crippen LogP contribution in [0.3, 0.4) is 0 Å². The highest BCUT2D eigenvalue weighted by Gasteiger charge is 2.46. The molecular weight excluding hydrogens is 212 g/mol. The van der Waals surface area contributed by atoms with E-state index in [2.05, 4.69) is 19.9 Å². The summed E-state index contributed by atoms with van der Waals surface area (Å²) >= 11 is 0. The van der Waals surface area contributed by atoms with E-state index in [9.17, 15) is 4.79 Å². The number of esters is 1. The number of cyclic esters (lactones) is 1. The van der Waals surface area contributed by atoms with Gasteiger partial charge in [-0.3, -0.25) is 4.79 Å². The summed E-state index contributed by atoms with van der Waals surface area (Å²) in [5.74, 6) is 0.632. The van der Waals surface area contributed by atoms with Gasteiger partial charge in [0.2, 0.25) is 0 Å². The average molecular weight is 236 g/mol. The summed E-state index contributed by atoms with van der Waals surface area (Å²) in [4.78, 5) is 11.3. The summed E-state index contributed by atoms with van der Waals surface area (Å²) < 4.78 is 5.32. The molecule has 1 saturated carbocycles. The van der Waals surface area contributed by atoms with Crippen molar-refractivity contribution in [3.8, 4) is 0 Å². The van der Waals surface area contributed by atoms with Crippen LogP contribution in [-0.4, -0.2) is 12.6 Å². The van der Waals surface area contributed by atoms with E-state index in [1.165, 1.54) is 44.1 Å². The van der Waals surface area contributed by atoms with E-state index in [1.807, 2.05) is 0 Å². The fourth-order valence-corrected chi connectivity index (χ4v) is 3.45. The molecule has 0 spiro atoms. The normalized spacial score (nSPS) is 31.9. The minimum atomic E-state index is 0.0248. The average Bonchev–Trinajstić information content (AvgIpc) is 2.68. The number of unbranched alkanes of at least 4 members (excludes halogenated alkanes) is 1. The maximum Gasteiger partial charge on any atom is 0.306 e.